The highest BCUT2D eigenvalue weighted by atomic mass is 79.9. The zero-order valence-electron chi connectivity index (χ0n) is 15.0. The Bertz CT molecular complexity index is 1200. The molecule has 0 saturated heterocycles. The number of rotatable bonds is 5. The number of hydrogen-bond donors (Lipinski definition) is 0. The summed E-state index contributed by atoms with van der Waals surface area (Å²) in [7, 11) is 0. The second-order valence-corrected chi connectivity index (χ2v) is 9.60. The van der Waals surface area contributed by atoms with E-state index in [0.717, 1.165) is 39.9 Å². The standard InChI is InChI=1S/C19H13Br3N4O2S/c1-2-28-19(27)11-3-4-14-16(7-11)29-18(24-14)15-8-23-25-26(15)9-10-5-12(20)17(22)13(21)6-10/h3-8H,2,9H2,1H3. The molecule has 2 aromatic carbocycles. The Balaban J connectivity index is 1.67. The average molecular weight is 601 g/mol. The van der Waals surface area contributed by atoms with Crippen LogP contribution in [-0.2, 0) is 11.3 Å². The van der Waals surface area contributed by atoms with Gasteiger partial charge in [-0.15, -0.1) is 16.4 Å². The van der Waals surface area contributed by atoms with E-state index in [2.05, 4.69) is 58.1 Å². The third-order valence-electron chi connectivity index (χ3n) is 4.11. The van der Waals surface area contributed by atoms with Crippen LogP contribution >= 0.6 is 59.1 Å². The van der Waals surface area contributed by atoms with Crippen LogP contribution in [0.15, 0.2) is 49.9 Å². The minimum atomic E-state index is -0.331. The Kier molecular flexibility index (Phi) is 6.14. The summed E-state index contributed by atoms with van der Waals surface area (Å²) in [6.07, 6.45) is 1.70. The number of carbonyl (C=O) groups is 1. The molecule has 0 spiro atoms. The maximum atomic E-state index is 12.0. The number of esters is 1. The molecule has 10 heteroatoms. The molecule has 0 saturated carbocycles. The number of benzene rings is 2. The SMILES string of the molecule is CCOC(=O)c1ccc2nc(-c3cnnn3Cc3cc(Br)c(Br)c(Br)c3)sc2c1. The van der Waals surface area contributed by atoms with Gasteiger partial charge in [0.1, 0.15) is 10.7 Å². The Hall–Kier alpha value is -1.62. The molecule has 0 aliphatic rings. The van der Waals surface area contributed by atoms with Crippen molar-refractivity contribution in [3.63, 3.8) is 0 Å². The summed E-state index contributed by atoms with van der Waals surface area (Å²) in [4.78, 5) is 16.7. The fourth-order valence-electron chi connectivity index (χ4n) is 2.79. The van der Waals surface area contributed by atoms with Crippen LogP contribution in [0, 0.1) is 0 Å². The van der Waals surface area contributed by atoms with Gasteiger partial charge < -0.3 is 4.74 Å². The predicted octanol–water partition coefficient (Wildman–Crippen LogP) is 6.07. The molecule has 0 atom stereocenters. The van der Waals surface area contributed by atoms with Crippen molar-refractivity contribution in [1.82, 2.24) is 20.0 Å². The van der Waals surface area contributed by atoms with Gasteiger partial charge in [0.05, 0.1) is 35.1 Å². The van der Waals surface area contributed by atoms with E-state index in [1.807, 2.05) is 28.9 Å². The molecule has 2 aromatic heterocycles. The van der Waals surface area contributed by atoms with Crippen molar-refractivity contribution in [3.8, 4) is 10.7 Å². The summed E-state index contributed by atoms with van der Waals surface area (Å²) in [5, 5.41) is 9.09. The molecular weight excluding hydrogens is 588 g/mol. The van der Waals surface area contributed by atoms with Gasteiger partial charge in [-0.05, 0) is 90.6 Å². The van der Waals surface area contributed by atoms with Crippen molar-refractivity contribution in [3.05, 3.63) is 61.1 Å². The average Bonchev–Trinajstić information content (AvgIpc) is 3.31. The van der Waals surface area contributed by atoms with E-state index in [0.29, 0.717) is 18.7 Å². The number of hydrogen-bond acceptors (Lipinski definition) is 6. The second kappa shape index (κ2) is 8.63. The van der Waals surface area contributed by atoms with Crippen LogP contribution < -0.4 is 0 Å². The first-order chi connectivity index (χ1) is 14.0. The normalized spacial score (nSPS) is 11.2. The van der Waals surface area contributed by atoms with Gasteiger partial charge in [-0.3, -0.25) is 0 Å². The topological polar surface area (TPSA) is 69.9 Å². The van der Waals surface area contributed by atoms with Crippen molar-refractivity contribution in [2.24, 2.45) is 0 Å². The van der Waals surface area contributed by atoms with Crippen LogP contribution in [0.25, 0.3) is 20.9 Å². The number of thiazole rings is 1. The fraction of sp³-hybridized carbons (Fsp3) is 0.158. The van der Waals surface area contributed by atoms with Gasteiger partial charge in [0.2, 0.25) is 0 Å². The van der Waals surface area contributed by atoms with Crippen LogP contribution in [-0.4, -0.2) is 32.6 Å². The number of nitrogens with zero attached hydrogens (tertiary/aromatic N) is 4. The predicted molar refractivity (Wildman–Crippen MR) is 123 cm³/mol. The lowest BCUT2D eigenvalue weighted by Crippen LogP contribution is -2.04. The Morgan fingerprint density at radius 1 is 1.17 bits per heavy atom. The Morgan fingerprint density at radius 3 is 2.66 bits per heavy atom. The monoisotopic (exact) mass is 598 g/mol. The van der Waals surface area contributed by atoms with E-state index in [9.17, 15) is 4.79 Å². The van der Waals surface area contributed by atoms with Crippen LogP contribution in [0.3, 0.4) is 0 Å². The highest BCUT2D eigenvalue weighted by molar-refractivity contribution is 9.14. The molecule has 6 nitrogen and oxygen atoms in total. The first kappa shape index (κ1) is 20.6. The molecule has 2 heterocycles. The number of halogens is 3. The quantitative estimate of drug-likeness (QED) is 0.206. The molecule has 0 bridgehead atoms. The molecular formula is C19H13Br3N4O2S. The third-order valence-corrected chi connectivity index (χ3v) is 8.32. The minimum absolute atomic E-state index is 0.331. The van der Waals surface area contributed by atoms with Gasteiger partial charge in [0.25, 0.3) is 0 Å². The zero-order valence-corrected chi connectivity index (χ0v) is 20.6. The van der Waals surface area contributed by atoms with Crippen molar-refractivity contribution >= 4 is 75.3 Å². The molecule has 0 fully saturated rings. The lowest BCUT2D eigenvalue weighted by Gasteiger charge is -2.07. The van der Waals surface area contributed by atoms with E-state index >= 15 is 0 Å². The molecule has 0 unspecified atom stereocenters. The van der Waals surface area contributed by atoms with Crippen molar-refractivity contribution in [2.75, 3.05) is 6.61 Å². The number of fused-ring (bicyclic) bond motifs is 1. The fourth-order valence-corrected chi connectivity index (χ4v) is 5.32. The minimum Gasteiger partial charge on any atom is -0.462 e. The first-order valence-corrected chi connectivity index (χ1v) is 11.8. The third kappa shape index (κ3) is 4.30. The van der Waals surface area contributed by atoms with Crippen LogP contribution in [0.1, 0.15) is 22.8 Å². The molecule has 0 amide bonds. The molecule has 0 aliphatic carbocycles. The van der Waals surface area contributed by atoms with Gasteiger partial charge in [-0.25, -0.2) is 14.5 Å². The van der Waals surface area contributed by atoms with E-state index in [4.69, 9.17) is 9.72 Å². The van der Waals surface area contributed by atoms with Crippen LogP contribution in [0.4, 0.5) is 0 Å². The Morgan fingerprint density at radius 2 is 1.93 bits per heavy atom. The maximum Gasteiger partial charge on any atom is 0.338 e. The highest BCUT2D eigenvalue weighted by Crippen LogP contribution is 2.34. The van der Waals surface area contributed by atoms with E-state index in [1.165, 1.54) is 11.3 Å². The van der Waals surface area contributed by atoms with Gasteiger partial charge in [0, 0.05) is 13.4 Å². The summed E-state index contributed by atoms with van der Waals surface area (Å²) < 4.78 is 10.7. The Labute approximate surface area is 195 Å². The summed E-state index contributed by atoms with van der Waals surface area (Å²) in [6.45, 7) is 2.68. The lowest BCUT2D eigenvalue weighted by atomic mass is 10.2. The first-order valence-electron chi connectivity index (χ1n) is 8.56. The second-order valence-electron chi connectivity index (χ2n) is 6.07. The number of aromatic nitrogens is 4. The summed E-state index contributed by atoms with van der Waals surface area (Å²) in [5.74, 6) is -0.331. The number of carbonyl (C=O) groups excluding carboxylic acids is 1. The highest BCUT2D eigenvalue weighted by Gasteiger charge is 2.15. The number of ether oxygens (including phenoxy) is 1. The molecule has 0 aliphatic heterocycles. The van der Waals surface area contributed by atoms with E-state index < -0.39 is 0 Å². The van der Waals surface area contributed by atoms with E-state index in [1.54, 1.807) is 19.2 Å². The summed E-state index contributed by atoms with van der Waals surface area (Å²) in [6, 6.07) is 9.44. The van der Waals surface area contributed by atoms with Crippen molar-refractivity contribution in [1.29, 1.82) is 0 Å². The van der Waals surface area contributed by atoms with E-state index in [-0.39, 0.29) is 5.97 Å². The largest absolute Gasteiger partial charge is 0.462 e. The van der Waals surface area contributed by atoms with Gasteiger partial charge >= 0.3 is 5.97 Å². The molecule has 148 valence electrons. The maximum absolute atomic E-state index is 12.0. The van der Waals surface area contributed by atoms with Gasteiger partial charge in [-0.2, -0.15) is 0 Å². The van der Waals surface area contributed by atoms with Crippen LogP contribution in [0.2, 0.25) is 0 Å². The van der Waals surface area contributed by atoms with Crippen molar-refractivity contribution < 1.29 is 9.53 Å². The summed E-state index contributed by atoms with van der Waals surface area (Å²) >= 11 is 12.1. The van der Waals surface area contributed by atoms with Gasteiger partial charge in [-0.1, -0.05) is 5.21 Å². The molecule has 29 heavy (non-hydrogen) atoms. The zero-order chi connectivity index (χ0) is 20.5. The molecule has 0 radical (unpaired) electrons. The summed E-state index contributed by atoms with van der Waals surface area (Å²) in [5.41, 5.74) is 3.22. The van der Waals surface area contributed by atoms with Crippen molar-refractivity contribution in [2.45, 2.75) is 13.5 Å². The molecule has 0 N–H and O–H groups in total. The molecule has 4 rings (SSSR count). The smallest absolute Gasteiger partial charge is 0.338 e. The lowest BCUT2D eigenvalue weighted by molar-refractivity contribution is 0.0526. The van der Waals surface area contributed by atoms with Crippen LogP contribution in [0.5, 0.6) is 0 Å². The molecule has 4 aromatic rings. The van der Waals surface area contributed by atoms with Gasteiger partial charge in [0.15, 0.2) is 0 Å².